The van der Waals surface area contributed by atoms with E-state index in [4.69, 9.17) is 4.74 Å². The van der Waals surface area contributed by atoms with Crippen molar-refractivity contribution in [3.05, 3.63) is 63.0 Å². The second-order valence-corrected chi connectivity index (χ2v) is 5.66. The lowest BCUT2D eigenvalue weighted by molar-refractivity contribution is 0.0600. The van der Waals surface area contributed by atoms with Crippen LogP contribution < -0.4 is 5.32 Å². The summed E-state index contributed by atoms with van der Waals surface area (Å²) in [6.07, 6.45) is -0.814. The van der Waals surface area contributed by atoms with Crippen molar-refractivity contribution < 1.29 is 23.5 Å². The average Bonchev–Trinajstić information content (AvgIpc) is 2.57. The Morgan fingerprint density at radius 1 is 1.22 bits per heavy atom. The maximum absolute atomic E-state index is 14.0. The molecule has 0 aliphatic heterocycles. The smallest absolute Gasteiger partial charge is 0.412 e. The van der Waals surface area contributed by atoms with Crippen molar-refractivity contribution in [3.63, 3.8) is 0 Å². The maximum atomic E-state index is 14.0. The van der Waals surface area contributed by atoms with Crippen molar-refractivity contribution >= 4 is 40.3 Å². The summed E-state index contributed by atoms with van der Waals surface area (Å²) in [4.78, 5) is 23.3. The number of carbonyl (C=O) groups excluding carboxylic acids is 2. The Morgan fingerprint density at radius 2 is 1.91 bits per heavy atom. The molecule has 0 fully saturated rings. The summed E-state index contributed by atoms with van der Waals surface area (Å²) in [5.41, 5.74) is 0.799. The molecule has 2 aromatic carbocycles. The van der Waals surface area contributed by atoms with Gasteiger partial charge in [-0.2, -0.15) is 0 Å². The number of amides is 1. The van der Waals surface area contributed by atoms with E-state index in [9.17, 15) is 14.0 Å². The first-order valence-electron chi connectivity index (χ1n) is 6.56. The van der Waals surface area contributed by atoms with Gasteiger partial charge in [-0.15, -0.1) is 0 Å². The zero-order valence-electron chi connectivity index (χ0n) is 12.1. The Hall–Kier alpha value is -2.16. The van der Waals surface area contributed by atoms with Crippen LogP contribution in [0.2, 0.25) is 0 Å². The largest absolute Gasteiger partial charge is 0.465 e. The molecule has 1 amide bonds. The van der Waals surface area contributed by atoms with Crippen LogP contribution in [0.4, 0.5) is 14.9 Å². The highest BCUT2D eigenvalue weighted by Gasteiger charge is 2.16. The van der Waals surface area contributed by atoms with Gasteiger partial charge in [-0.3, -0.25) is 5.32 Å². The molecule has 2 aromatic rings. The molecule has 2 rings (SSSR count). The van der Waals surface area contributed by atoms with Gasteiger partial charge in [0.05, 0.1) is 21.9 Å². The van der Waals surface area contributed by atoms with Crippen LogP contribution in [0.5, 0.6) is 0 Å². The summed E-state index contributed by atoms with van der Waals surface area (Å²) >= 11 is 1.73. The first-order valence-corrected chi connectivity index (χ1v) is 7.64. The molecule has 120 valence electrons. The predicted octanol–water partition coefficient (Wildman–Crippen LogP) is 3.97. The molecule has 0 heterocycles. The fraction of sp³-hybridized carbons (Fsp3) is 0.125. The van der Waals surface area contributed by atoms with Crippen molar-refractivity contribution in [3.8, 4) is 0 Å². The maximum Gasteiger partial charge on any atom is 0.412 e. The zero-order chi connectivity index (χ0) is 16.8. The van der Waals surface area contributed by atoms with Gasteiger partial charge in [0, 0.05) is 0 Å². The lowest BCUT2D eigenvalue weighted by atomic mass is 10.2. The number of halogens is 2. The van der Waals surface area contributed by atoms with Gasteiger partial charge in [-0.05, 0) is 40.3 Å². The number of esters is 1. The van der Waals surface area contributed by atoms with Crippen LogP contribution in [0.3, 0.4) is 0 Å². The van der Waals surface area contributed by atoms with E-state index in [1.807, 2.05) is 18.2 Å². The number of hydrogen-bond acceptors (Lipinski definition) is 4. The van der Waals surface area contributed by atoms with Crippen LogP contribution in [-0.4, -0.2) is 19.2 Å². The van der Waals surface area contributed by atoms with Gasteiger partial charge in [0.1, 0.15) is 6.61 Å². The highest BCUT2D eigenvalue weighted by Crippen LogP contribution is 2.23. The fourth-order valence-corrected chi connectivity index (χ4v) is 2.41. The van der Waals surface area contributed by atoms with Crippen LogP contribution in [-0.2, 0) is 16.1 Å². The van der Waals surface area contributed by atoms with Gasteiger partial charge < -0.3 is 9.47 Å². The summed E-state index contributed by atoms with van der Waals surface area (Å²) < 4.78 is 23.8. The van der Waals surface area contributed by atoms with Gasteiger partial charge in [-0.1, -0.05) is 30.3 Å². The minimum atomic E-state index is -0.814. The number of ether oxygens (including phenoxy) is 2. The van der Waals surface area contributed by atoms with Crippen molar-refractivity contribution in [2.24, 2.45) is 0 Å². The van der Waals surface area contributed by atoms with Crippen molar-refractivity contribution in [2.75, 3.05) is 12.4 Å². The molecule has 0 radical (unpaired) electrons. The molecule has 0 unspecified atom stereocenters. The molecule has 0 atom stereocenters. The normalized spacial score (nSPS) is 10.0. The van der Waals surface area contributed by atoms with Gasteiger partial charge in [0.2, 0.25) is 0 Å². The summed E-state index contributed by atoms with van der Waals surface area (Å²) in [6.45, 7) is 0.0576. The minimum absolute atomic E-state index is 0.0576. The third-order valence-corrected chi connectivity index (χ3v) is 3.68. The number of carbonyl (C=O) groups is 2. The molecular weight excluding hydrogens is 416 g/mol. The molecule has 1 N–H and O–H groups in total. The quantitative estimate of drug-likeness (QED) is 0.591. The Balaban J connectivity index is 2.08. The Kier molecular flexibility index (Phi) is 5.91. The van der Waals surface area contributed by atoms with E-state index in [0.29, 0.717) is 0 Å². The molecule has 23 heavy (non-hydrogen) atoms. The highest BCUT2D eigenvalue weighted by atomic mass is 127. The van der Waals surface area contributed by atoms with Crippen LogP contribution in [0.15, 0.2) is 42.5 Å². The molecule has 0 spiro atoms. The molecule has 5 nitrogen and oxygen atoms in total. The topological polar surface area (TPSA) is 64.6 Å². The van der Waals surface area contributed by atoms with E-state index >= 15 is 0 Å². The van der Waals surface area contributed by atoms with Crippen LogP contribution >= 0.6 is 22.6 Å². The number of methoxy groups -OCH3 is 1. The summed E-state index contributed by atoms with van der Waals surface area (Å²) in [7, 11) is 1.22. The first-order chi connectivity index (χ1) is 11.0. The van der Waals surface area contributed by atoms with E-state index in [-0.39, 0.29) is 21.4 Å². The molecule has 0 aliphatic carbocycles. The summed E-state index contributed by atoms with van der Waals surface area (Å²) in [5, 5.41) is 2.29. The zero-order valence-corrected chi connectivity index (χ0v) is 14.3. The average molecular weight is 429 g/mol. The molecular formula is C16H13FINO4. The van der Waals surface area contributed by atoms with E-state index in [1.165, 1.54) is 19.2 Å². The standard InChI is InChI=1S/C16H13FINO4/c1-22-15(20)11-7-12(18)14(17)13(8-11)19-16(21)23-9-10-5-3-2-4-6-10/h2-8H,9H2,1H3,(H,19,21). The van der Waals surface area contributed by atoms with Gasteiger partial charge in [0.25, 0.3) is 0 Å². The molecule has 0 saturated carbocycles. The SMILES string of the molecule is COC(=O)c1cc(I)c(F)c(NC(=O)OCc2ccccc2)c1. The van der Waals surface area contributed by atoms with Gasteiger partial charge in [-0.25, -0.2) is 14.0 Å². The highest BCUT2D eigenvalue weighted by molar-refractivity contribution is 14.1. The second-order valence-electron chi connectivity index (χ2n) is 4.50. The van der Waals surface area contributed by atoms with Crippen molar-refractivity contribution in [2.45, 2.75) is 6.61 Å². The second kappa shape index (κ2) is 7.91. The third kappa shape index (κ3) is 4.65. The lowest BCUT2D eigenvalue weighted by Crippen LogP contribution is -2.16. The number of benzene rings is 2. The number of anilines is 1. The lowest BCUT2D eigenvalue weighted by Gasteiger charge is -2.10. The molecule has 0 bridgehead atoms. The van der Waals surface area contributed by atoms with Gasteiger partial charge >= 0.3 is 12.1 Å². The van der Waals surface area contributed by atoms with Gasteiger partial charge in [0.15, 0.2) is 5.82 Å². The third-order valence-electron chi connectivity index (χ3n) is 2.90. The minimum Gasteiger partial charge on any atom is -0.465 e. The number of rotatable bonds is 4. The molecule has 0 aliphatic rings. The van der Waals surface area contributed by atoms with Crippen molar-refractivity contribution in [1.29, 1.82) is 0 Å². The Labute approximate surface area is 145 Å². The molecule has 0 saturated heterocycles. The van der Waals surface area contributed by atoms with E-state index in [2.05, 4.69) is 10.1 Å². The van der Waals surface area contributed by atoms with E-state index < -0.39 is 17.9 Å². The number of hydrogen-bond donors (Lipinski definition) is 1. The van der Waals surface area contributed by atoms with E-state index in [0.717, 1.165) is 5.56 Å². The van der Waals surface area contributed by atoms with Crippen LogP contribution in [0.1, 0.15) is 15.9 Å². The van der Waals surface area contributed by atoms with E-state index in [1.54, 1.807) is 34.7 Å². The molecule has 7 heteroatoms. The summed E-state index contributed by atoms with van der Waals surface area (Å²) in [5.74, 6) is -1.27. The molecule has 0 aromatic heterocycles. The summed E-state index contributed by atoms with van der Waals surface area (Å²) in [6, 6.07) is 11.6. The predicted molar refractivity (Wildman–Crippen MR) is 90.7 cm³/mol. The van der Waals surface area contributed by atoms with Crippen molar-refractivity contribution in [1.82, 2.24) is 0 Å². The Morgan fingerprint density at radius 3 is 2.57 bits per heavy atom. The van der Waals surface area contributed by atoms with Crippen LogP contribution in [0.25, 0.3) is 0 Å². The van der Waals surface area contributed by atoms with Crippen LogP contribution in [0, 0.1) is 9.39 Å². The fourth-order valence-electron chi connectivity index (χ4n) is 1.78. The number of nitrogens with one attached hydrogen (secondary N) is 1. The first kappa shape index (κ1) is 17.2. The monoisotopic (exact) mass is 429 g/mol. The Bertz CT molecular complexity index is 722.